The lowest BCUT2D eigenvalue weighted by Crippen LogP contribution is -2.41. The number of rotatable bonds is 5. The summed E-state index contributed by atoms with van der Waals surface area (Å²) in [4.78, 5) is 2.55. The number of methoxy groups -OCH3 is 1. The predicted molar refractivity (Wildman–Crippen MR) is 88.6 cm³/mol. The van der Waals surface area contributed by atoms with Crippen LogP contribution in [-0.4, -0.2) is 37.7 Å². The van der Waals surface area contributed by atoms with Gasteiger partial charge in [0, 0.05) is 18.3 Å². The Kier molecular flexibility index (Phi) is 5.73. The molecule has 0 spiro atoms. The van der Waals surface area contributed by atoms with Crippen molar-refractivity contribution in [1.82, 2.24) is 4.90 Å². The number of halogens is 1. The van der Waals surface area contributed by atoms with Gasteiger partial charge in [0.05, 0.1) is 11.6 Å². The first-order valence-electron chi connectivity index (χ1n) is 7.46. The van der Waals surface area contributed by atoms with Gasteiger partial charge in [-0.1, -0.05) is 6.92 Å². The molecule has 1 saturated heterocycles. The Labute approximate surface area is 130 Å². The Balaban J connectivity index is 1.96. The molecular formula is C16H25BrN2O. The molecule has 1 aliphatic heterocycles. The summed E-state index contributed by atoms with van der Waals surface area (Å²) in [6.07, 6.45) is 2.64. The van der Waals surface area contributed by atoms with E-state index in [0.717, 1.165) is 28.4 Å². The first-order chi connectivity index (χ1) is 9.63. The molecule has 3 nitrogen and oxygen atoms in total. The minimum absolute atomic E-state index is 0.490. The third kappa shape index (κ3) is 3.89. The molecule has 20 heavy (non-hydrogen) atoms. The van der Waals surface area contributed by atoms with Crippen molar-refractivity contribution in [3.05, 3.63) is 22.7 Å². The summed E-state index contributed by atoms with van der Waals surface area (Å²) in [6, 6.07) is 6.67. The van der Waals surface area contributed by atoms with Gasteiger partial charge in [0.1, 0.15) is 5.75 Å². The van der Waals surface area contributed by atoms with Crippen molar-refractivity contribution in [2.24, 2.45) is 5.92 Å². The lowest BCUT2D eigenvalue weighted by molar-refractivity contribution is 0.172. The lowest BCUT2D eigenvalue weighted by Gasteiger charge is -2.35. The van der Waals surface area contributed by atoms with Crippen LogP contribution in [0.4, 0.5) is 5.69 Å². The van der Waals surface area contributed by atoms with E-state index in [4.69, 9.17) is 4.74 Å². The first-order valence-corrected chi connectivity index (χ1v) is 8.25. The summed E-state index contributed by atoms with van der Waals surface area (Å²) >= 11 is 3.54. The van der Waals surface area contributed by atoms with Gasteiger partial charge in [0.25, 0.3) is 0 Å². The number of hydrogen-bond acceptors (Lipinski definition) is 3. The minimum Gasteiger partial charge on any atom is -0.496 e. The van der Waals surface area contributed by atoms with Gasteiger partial charge in [-0.25, -0.2) is 0 Å². The van der Waals surface area contributed by atoms with Gasteiger partial charge in [-0.15, -0.1) is 0 Å². The monoisotopic (exact) mass is 340 g/mol. The average molecular weight is 341 g/mol. The molecule has 1 fully saturated rings. The van der Waals surface area contributed by atoms with Gasteiger partial charge < -0.3 is 15.0 Å². The van der Waals surface area contributed by atoms with Crippen LogP contribution in [0.5, 0.6) is 5.75 Å². The van der Waals surface area contributed by atoms with Crippen LogP contribution in [0, 0.1) is 5.92 Å². The Morgan fingerprint density at radius 2 is 2.30 bits per heavy atom. The molecule has 1 aromatic rings. The van der Waals surface area contributed by atoms with Crippen molar-refractivity contribution in [1.29, 1.82) is 0 Å². The highest BCUT2D eigenvalue weighted by Crippen LogP contribution is 2.29. The second-order valence-electron chi connectivity index (χ2n) is 5.58. The zero-order chi connectivity index (χ0) is 14.5. The van der Waals surface area contributed by atoms with Crippen LogP contribution in [0.3, 0.4) is 0 Å². The van der Waals surface area contributed by atoms with Crippen LogP contribution in [0.2, 0.25) is 0 Å². The van der Waals surface area contributed by atoms with Crippen LogP contribution in [-0.2, 0) is 0 Å². The van der Waals surface area contributed by atoms with Crippen molar-refractivity contribution in [2.75, 3.05) is 32.1 Å². The van der Waals surface area contributed by atoms with Gasteiger partial charge in [-0.05, 0) is 72.9 Å². The van der Waals surface area contributed by atoms with Crippen LogP contribution < -0.4 is 10.1 Å². The van der Waals surface area contributed by atoms with E-state index in [-0.39, 0.29) is 0 Å². The summed E-state index contributed by atoms with van der Waals surface area (Å²) in [5.41, 5.74) is 1.15. The number of nitrogens with one attached hydrogen (secondary N) is 1. The van der Waals surface area contributed by atoms with Crippen molar-refractivity contribution < 1.29 is 4.74 Å². The summed E-state index contributed by atoms with van der Waals surface area (Å²) in [6.45, 7) is 8.18. The summed E-state index contributed by atoms with van der Waals surface area (Å²) < 4.78 is 6.26. The molecule has 0 aliphatic carbocycles. The minimum atomic E-state index is 0.490. The van der Waals surface area contributed by atoms with Crippen LogP contribution in [0.1, 0.15) is 26.7 Å². The number of piperidine rings is 1. The molecule has 0 radical (unpaired) electrons. The van der Waals surface area contributed by atoms with Crippen molar-refractivity contribution in [3.63, 3.8) is 0 Å². The van der Waals surface area contributed by atoms with Crippen LogP contribution in [0.25, 0.3) is 0 Å². The molecule has 1 aliphatic rings. The fourth-order valence-electron chi connectivity index (χ4n) is 2.92. The molecular weight excluding hydrogens is 316 g/mol. The molecule has 1 heterocycles. The topological polar surface area (TPSA) is 24.5 Å². The maximum atomic E-state index is 5.27. The van der Waals surface area contributed by atoms with Gasteiger partial charge in [0.2, 0.25) is 0 Å². The highest BCUT2D eigenvalue weighted by Gasteiger charge is 2.23. The Hall–Kier alpha value is -0.740. The van der Waals surface area contributed by atoms with Gasteiger partial charge in [0.15, 0.2) is 0 Å². The van der Waals surface area contributed by atoms with E-state index in [1.165, 1.54) is 25.9 Å². The molecule has 0 saturated carbocycles. The summed E-state index contributed by atoms with van der Waals surface area (Å²) in [7, 11) is 1.69. The SMILES string of the molecule is CCN1CCCC(C(C)Nc2ccc(OC)c(Br)c2)C1. The van der Waals surface area contributed by atoms with E-state index >= 15 is 0 Å². The first kappa shape index (κ1) is 15.6. The smallest absolute Gasteiger partial charge is 0.133 e. The Morgan fingerprint density at radius 3 is 2.95 bits per heavy atom. The van der Waals surface area contributed by atoms with Crippen molar-refractivity contribution in [3.8, 4) is 5.75 Å². The van der Waals surface area contributed by atoms with E-state index < -0.39 is 0 Å². The van der Waals surface area contributed by atoms with E-state index in [2.05, 4.69) is 52.1 Å². The quantitative estimate of drug-likeness (QED) is 0.876. The molecule has 2 rings (SSSR count). The number of likely N-dealkylation sites (tertiary alicyclic amines) is 1. The summed E-state index contributed by atoms with van der Waals surface area (Å²) in [5.74, 6) is 1.60. The predicted octanol–water partition coefficient (Wildman–Crippen LogP) is 3.99. The molecule has 4 heteroatoms. The third-order valence-electron chi connectivity index (χ3n) is 4.24. The zero-order valence-electron chi connectivity index (χ0n) is 12.7. The van der Waals surface area contributed by atoms with Gasteiger partial charge in [-0.2, -0.15) is 0 Å². The maximum absolute atomic E-state index is 5.27. The number of benzene rings is 1. The van der Waals surface area contributed by atoms with Crippen LogP contribution >= 0.6 is 15.9 Å². The van der Waals surface area contributed by atoms with E-state index in [1.807, 2.05) is 6.07 Å². The fourth-order valence-corrected chi connectivity index (χ4v) is 3.46. The van der Waals surface area contributed by atoms with Crippen molar-refractivity contribution >= 4 is 21.6 Å². The van der Waals surface area contributed by atoms with Crippen LogP contribution in [0.15, 0.2) is 22.7 Å². The Bertz CT molecular complexity index is 438. The second kappa shape index (κ2) is 7.32. The number of anilines is 1. The number of ether oxygens (including phenoxy) is 1. The normalized spacial score (nSPS) is 21.5. The molecule has 0 amide bonds. The van der Waals surface area contributed by atoms with E-state index in [9.17, 15) is 0 Å². The zero-order valence-corrected chi connectivity index (χ0v) is 14.2. The standard InChI is InChI=1S/C16H25BrN2O/c1-4-19-9-5-6-13(11-19)12(2)18-14-7-8-16(20-3)15(17)10-14/h7-8,10,12-13,18H,4-6,9,11H2,1-3H3. The lowest BCUT2D eigenvalue weighted by atomic mass is 9.91. The highest BCUT2D eigenvalue weighted by atomic mass is 79.9. The Morgan fingerprint density at radius 1 is 1.50 bits per heavy atom. The van der Waals surface area contributed by atoms with Crippen molar-refractivity contribution in [2.45, 2.75) is 32.7 Å². The maximum Gasteiger partial charge on any atom is 0.133 e. The molecule has 0 bridgehead atoms. The average Bonchev–Trinajstić information content (AvgIpc) is 2.47. The molecule has 1 N–H and O–H groups in total. The van der Waals surface area contributed by atoms with E-state index in [1.54, 1.807) is 7.11 Å². The molecule has 2 unspecified atom stereocenters. The summed E-state index contributed by atoms with van der Waals surface area (Å²) in [5, 5.41) is 3.64. The fraction of sp³-hybridized carbons (Fsp3) is 0.625. The van der Waals surface area contributed by atoms with Gasteiger partial charge in [-0.3, -0.25) is 0 Å². The molecule has 0 aromatic heterocycles. The number of hydrogen-bond donors (Lipinski definition) is 1. The third-order valence-corrected chi connectivity index (χ3v) is 4.86. The van der Waals surface area contributed by atoms with E-state index in [0.29, 0.717) is 6.04 Å². The molecule has 2 atom stereocenters. The van der Waals surface area contributed by atoms with Gasteiger partial charge >= 0.3 is 0 Å². The molecule has 1 aromatic carbocycles. The number of nitrogens with zero attached hydrogens (tertiary/aromatic N) is 1. The largest absolute Gasteiger partial charge is 0.496 e. The second-order valence-corrected chi connectivity index (χ2v) is 6.43. The molecule has 112 valence electrons. The highest BCUT2D eigenvalue weighted by molar-refractivity contribution is 9.10.